The van der Waals surface area contributed by atoms with Gasteiger partial charge in [-0.15, -0.1) is 6.58 Å². The van der Waals surface area contributed by atoms with E-state index in [1.165, 1.54) is 0 Å². The van der Waals surface area contributed by atoms with Crippen molar-refractivity contribution in [2.24, 2.45) is 5.73 Å². The van der Waals surface area contributed by atoms with Crippen molar-refractivity contribution in [2.45, 2.75) is 13.3 Å². The Morgan fingerprint density at radius 1 is 1.64 bits per heavy atom. The maximum absolute atomic E-state index is 9.79. The van der Waals surface area contributed by atoms with E-state index in [4.69, 9.17) is 10.3 Å². The molecule has 0 aliphatic carbocycles. The smallest absolute Gasteiger partial charge is 0.264 e. The van der Waals surface area contributed by atoms with E-state index in [1.807, 2.05) is 0 Å². The summed E-state index contributed by atoms with van der Waals surface area (Å²) in [6.07, 6.45) is 2.12. The Morgan fingerprint density at radius 2 is 2.00 bits per heavy atom. The van der Waals surface area contributed by atoms with Crippen molar-refractivity contribution < 1.29 is 13.0 Å². The van der Waals surface area contributed by atoms with Crippen LogP contribution in [-0.4, -0.2) is 25.3 Å². The first-order chi connectivity index (χ1) is 4.97. The molecule has 0 fully saturated rings. The SMILES string of the molecule is C=CCN.CCCS(=O)(=O)O. The summed E-state index contributed by atoms with van der Waals surface area (Å²) in [5.74, 6) is -0.132. The van der Waals surface area contributed by atoms with Crippen molar-refractivity contribution in [2.75, 3.05) is 12.3 Å². The molecular weight excluding hydrogens is 166 g/mol. The van der Waals surface area contributed by atoms with Crippen molar-refractivity contribution >= 4 is 10.1 Å². The van der Waals surface area contributed by atoms with Crippen molar-refractivity contribution in [1.82, 2.24) is 0 Å². The fourth-order valence-electron chi connectivity index (χ4n) is 0.258. The Hall–Kier alpha value is -0.390. The molecule has 5 heteroatoms. The van der Waals surface area contributed by atoms with Crippen LogP contribution in [0.2, 0.25) is 0 Å². The maximum atomic E-state index is 9.79. The molecule has 0 heterocycles. The van der Waals surface area contributed by atoms with Crippen LogP contribution in [-0.2, 0) is 10.1 Å². The van der Waals surface area contributed by atoms with E-state index in [2.05, 4.69) is 6.58 Å². The van der Waals surface area contributed by atoms with Crippen LogP contribution in [0.1, 0.15) is 13.3 Å². The van der Waals surface area contributed by atoms with Crippen molar-refractivity contribution in [3.05, 3.63) is 12.7 Å². The van der Waals surface area contributed by atoms with Gasteiger partial charge in [0.25, 0.3) is 10.1 Å². The quantitative estimate of drug-likeness (QED) is 0.488. The summed E-state index contributed by atoms with van der Waals surface area (Å²) in [6, 6.07) is 0. The lowest BCUT2D eigenvalue weighted by molar-refractivity contribution is 0.482. The molecule has 0 amide bonds. The van der Waals surface area contributed by atoms with E-state index in [0.717, 1.165) is 0 Å². The van der Waals surface area contributed by atoms with Gasteiger partial charge in [0.2, 0.25) is 0 Å². The van der Waals surface area contributed by atoms with Crippen LogP contribution < -0.4 is 5.73 Å². The van der Waals surface area contributed by atoms with Gasteiger partial charge in [0.15, 0.2) is 0 Å². The summed E-state index contributed by atoms with van der Waals surface area (Å²) in [4.78, 5) is 0. The molecule has 4 nitrogen and oxygen atoms in total. The van der Waals surface area contributed by atoms with Gasteiger partial charge in [0.05, 0.1) is 5.75 Å². The van der Waals surface area contributed by atoms with Gasteiger partial charge in [-0.25, -0.2) is 0 Å². The normalized spacial score (nSPS) is 9.73. The molecule has 0 aromatic rings. The van der Waals surface area contributed by atoms with E-state index in [1.54, 1.807) is 13.0 Å². The van der Waals surface area contributed by atoms with Crippen LogP contribution in [0.15, 0.2) is 12.7 Å². The van der Waals surface area contributed by atoms with E-state index in [9.17, 15) is 8.42 Å². The van der Waals surface area contributed by atoms with E-state index < -0.39 is 10.1 Å². The number of rotatable bonds is 3. The zero-order valence-corrected chi connectivity index (χ0v) is 7.47. The minimum absolute atomic E-state index is 0.132. The lowest BCUT2D eigenvalue weighted by atomic mass is 10.6. The Labute approximate surface area is 67.8 Å². The first kappa shape index (κ1) is 13.2. The van der Waals surface area contributed by atoms with Crippen molar-refractivity contribution in [3.8, 4) is 0 Å². The molecular formula is C6H15NO3S. The molecule has 0 aliphatic heterocycles. The molecule has 0 aromatic carbocycles. The summed E-state index contributed by atoms with van der Waals surface area (Å²) in [5, 5.41) is 0. The zero-order chi connectivity index (χ0) is 9.33. The number of nitrogens with two attached hydrogens (primary N) is 1. The topological polar surface area (TPSA) is 80.4 Å². The molecule has 0 atom stereocenters. The van der Waals surface area contributed by atoms with Crippen molar-refractivity contribution in [3.63, 3.8) is 0 Å². The highest BCUT2D eigenvalue weighted by atomic mass is 32.2. The molecule has 0 aliphatic rings. The Kier molecular flexibility index (Phi) is 9.27. The fourth-order valence-corrected chi connectivity index (χ4v) is 0.774. The first-order valence-corrected chi connectivity index (χ1v) is 4.85. The highest BCUT2D eigenvalue weighted by molar-refractivity contribution is 7.85. The lowest BCUT2D eigenvalue weighted by Crippen LogP contribution is -2.01. The van der Waals surface area contributed by atoms with Crippen LogP contribution in [0, 0.1) is 0 Å². The molecule has 0 saturated carbocycles. The van der Waals surface area contributed by atoms with Crippen LogP contribution in [0.3, 0.4) is 0 Å². The average Bonchev–Trinajstić information content (AvgIpc) is 1.86. The molecule has 11 heavy (non-hydrogen) atoms. The van der Waals surface area contributed by atoms with Gasteiger partial charge in [0, 0.05) is 6.54 Å². The molecule has 0 bridgehead atoms. The largest absolute Gasteiger partial charge is 0.327 e. The summed E-state index contributed by atoms with van der Waals surface area (Å²) < 4.78 is 27.6. The second-order valence-electron chi connectivity index (χ2n) is 1.81. The Morgan fingerprint density at radius 3 is 2.00 bits per heavy atom. The van der Waals surface area contributed by atoms with E-state index in [0.29, 0.717) is 13.0 Å². The van der Waals surface area contributed by atoms with Gasteiger partial charge >= 0.3 is 0 Å². The van der Waals surface area contributed by atoms with Crippen molar-refractivity contribution in [1.29, 1.82) is 0 Å². The lowest BCUT2D eigenvalue weighted by Gasteiger charge is -1.85. The van der Waals surface area contributed by atoms with E-state index in [-0.39, 0.29) is 5.75 Å². The highest BCUT2D eigenvalue weighted by Gasteiger charge is 1.98. The second-order valence-corrected chi connectivity index (χ2v) is 3.38. The first-order valence-electron chi connectivity index (χ1n) is 3.24. The zero-order valence-electron chi connectivity index (χ0n) is 6.66. The molecule has 0 aromatic heterocycles. The predicted molar refractivity (Wildman–Crippen MR) is 46.0 cm³/mol. The number of hydrogen-bond donors (Lipinski definition) is 2. The van der Waals surface area contributed by atoms with Crippen LogP contribution >= 0.6 is 0 Å². The summed E-state index contributed by atoms with van der Waals surface area (Å²) in [7, 11) is -3.67. The summed E-state index contributed by atoms with van der Waals surface area (Å²) in [6.45, 7) is 5.63. The molecule has 0 unspecified atom stereocenters. The van der Waals surface area contributed by atoms with Crippen LogP contribution in [0.4, 0.5) is 0 Å². The minimum Gasteiger partial charge on any atom is -0.327 e. The Balaban J connectivity index is 0. The molecule has 3 N–H and O–H groups in total. The highest BCUT2D eigenvalue weighted by Crippen LogP contribution is 1.83. The minimum atomic E-state index is -3.67. The van der Waals surface area contributed by atoms with Gasteiger partial charge in [-0.05, 0) is 6.42 Å². The van der Waals surface area contributed by atoms with Crippen LogP contribution in [0.25, 0.3) is 0 Å². The third-order valence-electron chi connectivity index (χ3n) is 0.629. The standard InChI is InChI=1S/C3H7N.C3H8O3S/c1-2-3-4;1-2-3-7(4,5)6/h2H,1,3-4H2;2-3H2,1H3,(H,4,5,6). The summed E-state index contributed by atoms with van der Waals surface area (Å²) in [5.41, 5.74) is 4.91. The van der Waals surface area contributed by atoms with Gasteiger partial charge in [-0.3, -0.25) is 4.55 Å². The predicted octanol–water partition coefficient (Wildman–Crippen LogP) is 0.415. The average molecular weight is 181 g/mol. The van der Waals surface area contributed by atoms with Gasteiger partial charge in [-0.1, -0.05) is 13.0 Å². The maximum Gasteiger partial charge on any atom is 0.264 e. The summed E-state index contributed by atoms with van der Waals surface area (Å²) >= 11 is 0. The molecule has 0 spiro atoms. The van der Waals surface area contributed by atoms with Crippen LogP contribution in [0.5, 0.6) is 0 Å². The number of hydrogen-bond acceptors (Lipinski definition) is 3. The molecule has 68 valence electrons. The molecule has 0 rings (SSSR count). The third-order valence-corrected chi connectivity index (χ3v) is 1.55. The van der Waals surface area contributed by atoms with Gasteiger partial charge in [0.1, 0.15) is 0 Å². The monoisotopic (exact) mass is 181 g/mol. The van der Waals surface area contributed by atoms with E-state index >= 15 is 0 Å². The third kappa shape index (κ3) is 26.2. The van der Waals surface area contributed by atoms with Gasteiger partial charge in [-0.2, -0.15) is 8.42 Å². The molecule has 0 saturated heterocycles. The second kappa shape index (κ2) is 7.71. The fraction of sp³-hybridized carbons (Fsp3) is 0.667. The molecule has 0 radical (unpaired) electrons. The van der Waals surface area contributed by atoms with Gasteiger partial charge < -0.3 is 5.73 Å². The Bertz CT molecular complexity index is 174.